The van der Waals surface area contributed by atoms with Crippen LogP contribution in [-0.2, 0) is 16.6 Å². The summed E-state index contributed by atoms with van der Waals surface area (Å²) in [4.78, 5) is 1.14. The van der Waals surface area contributed by atoms with Crippen LogP contribution >= 0.6 is 27.3 Å². The normalized spacial score (nSPS) is 11.5. The maximum atomic E-state index is 12.2. The highest BCUT2D eigenvalue weighted by Crippen LogP contribution is 2.22. The van der Waals surface area contributed by atoms with Crippen LogP contribution in [0.5, 0.6) is 5.75 Å². The maximum absolute atomic E-state index is 12.2. The van der Waals surface area contributed by atoms with Crippen LogP contribution in [0, 0.1) is 0 Å². The van der Waals surface area contributed by atoms with Crippen molar-refractivity contribution < 1.29 is 13.2 Å². The summed E-state index contributed by atoms with van der Waals surface area (Å²) in [5.74, 6) is 0.599. The molecule has 3 N–H and O–H groups in total. The molecule has 0 atom stereocenters. The Labute approximate surface area is 136 Å². The highest BCUT2D eigenvalue weighted by molar-refractivity contribution is 9.11. The molecule has 0 radical (unpaired) electrons. The number of benzene rings is 1. The van der Waals surface area contributed by atoms with Gasteiger partial charge in [-0.1, -0.05) is 0 Å². The number of rotatable bonds is 7. The van der Waals surface area contributed by atoms with Crippen LogP contribution < -0.4 is 15.2 Å². The van der Waals surface area contributed by atoms with Crippen LogP contribution in [0.4, 0.5) is 0 Å². The Hall–Kier alpha value is -0.930. The first kappa shape index (κ1) is 16.4. The fourth-order valence-corrected chi connectivity index (χ4v) is 4.11. The molecule has 1 aromatic carbocycles. The first-order chi connectivity index (χ1) is 10.0. The number of hydrogen-bond donors (Lipinski definition) is 2. The van der Waals surface area contributed by atoms with Gasteiger partial charge < -0.3 is 10.5 Å². The third-order valence-corrected chi connectivity index (χ3v) is 5.63. The van der Waals surface area contributed by atoms with Crippen LogP contribution in [0.3, 0.4) is 0 Å². The monoisotopic (exact) mass is 390 g/mol. The number of sulfonamides is 1. The predicted octanol–water partition coefficient (Wildman–Crippen LogP) is 2.33. The molecule has 1 aromatic heterocycles. The largest absolute Gasteiger partial charge is 0.492 e. The molecule has 0 spiro atoms. The first-order valence-corrected chi connectivity index (χ1v) is 9.27. The summed E-state index contributed by atoms with van der Waals surface area (Å²) in [6, 6.07) is 10.0. The van der Waals surface area contributed by atoms with Gasteiger partial charge >= 0.3 is 0 Å². The summed E-state index contributed by atoms with van der Waals surface area (Å²) in [5.41, 5.74) is 5.34. The van der Waals surface area contributed by atoms with Gasteiger partial charge in [-0.25, -0.2) is 13.1 Å². The summed E-state index contributed by atoms with van der Waals surface area (Å²) in [6.45, 7) is 1.08. The average molecular weight is 391 g/mol. The number of thiophene rings is 1. The van der Waals surface area contributed by atoms with E-state index < -0.39 is 10.0 Å². The fourth-order valence-electron chi connectivity index (χ4n) is 1.59. The molecule has 0 saturated carbocycles. The molecule has 5 nitrogen and oxygen atoms in total. The van der Waals surface area contributed by atoms with Crippen LogP contribution in [0.15, 0.2) is 45.1 Å². The molecule has 0 aliphatic rings. The molecular weight excluding hydrogens is 376 g/mol. The van der Waals surface area contributed by atoms with E-state index in [0.29, 0.717) is 18.9 Å². The average Bonchev–Trinajstić information content (AvgIpc) is 2.89. The molecule has 0 aliphatic heterocycles. The van der Waals surface area contributed by atoms with Gasteiger partial charge in [0.1, 0.15) is 12.4 Å². The van der Waals surface area contributed by atoms with Gasteiger partial charge in [0, 0.05) is 18.0 Å². The third kappa shape index (κ3) is 4.79. The molecule has 0 aliphatic carbocycles. The Kier molecular flexibility index (Phi) is 5.77. The lowest BCUT2D eigenvalue weighted by atomic mass is 10.3. The molecule has 0 amide bonds. The zero-order chi connectivity index (χ0) is 15.3. The van der Waals surface area contributed by atoms with E-state index in [2.05, 4.69) is 20.7 Å². The lowest BCUT2D eigenvalue weighted by molar-refractivity contribution is 0.328. The number of nitrogens with two attached hydrogens (primary N) is 1. The molecule has 21 heavy (non-hydrogen) atoms. The molecule has 0 fully saturated rings. The van der Waals surface area contributed by atoms with Gasteiger partial charge in [-0.3, -0.25) is 0 Å². The number of halogens is 1. The zero-order valence-corrected chi connectivity index (χ0v) is 14.3. The van der Waals surface area contributed by atoms with Gasteiger partial charge in [-0.05, 0) is 52.3 Å². The quantitative estimate of drug-likeness (QED) is 0.759. The van der Waals surface area contributed by atoms with E-state index >= 15 is 0 Å². The SMILES string of the molecule is NCCOc1ccc(S(=O)(=O)NCc2ccc(Br)s2)cc1. The van der Waals surface area contributed by atoms with Gasteiger partial charge in [-0.2, -0.15) is 0 Å². The van der Waals surface area contributed by atoms with E-state index in [4.69, 9.17) is 10.5 Å². The predicted molar refractivity (Wildman–Crippen MR) is 87.0 cm³/mol. The molecule has 2 rings (SSSR count). The van der Waals surface area contributed by atoms with Crippen molar-refractivity contribution in [3.8, 4) is 5.75 Å². The van der Waals surface area contributed by atoms with E-state index in [1.54, 1.807) is 12.1 Å². The van der Waals surface area contributed by atoms with Gasteiger partial charge in [-0.15, -0.1) is 11.3 Å². The van der Waals surface area contributed by atoms with E-state index in [1.165, 1.54) is 23.5 Å². The van der Waals surface area contributed by atoms with E-state index in [0.717, 1.165) is 8.66 Å². The van der Waals surface area contributed by atoms with Gasteiger partial charge in [0.25, 0.3) is 0 Å². The van der Waals surface area contributed by atoms with Crippen molar-refractivity contribution in [2.75, 3.05) is 13.2 Å². The lowest BCUT2D eigenvalue weighted by Gasteiger charge is -2.08. The molecule has 0 unspecified atom stereocenters. The van der Waals surface area contributed by atoms with Crippen LogP contribution in [0.2, 0.25) is 0 Å². The Balaban J connectivity index is 2.01. The van der Waals surface area contributed by atoms with Gasteiger partial charge in [0.05, 0.1) is 8.68 Å². The minimum atomic E-state index is -3.53. The third-order valence-electron chi connectivity index (χ3n) is 2.59. The van der Waals surface area contributed by atoms with Crippen LogP contribution in [0.25, 0.3) is 0 Å². The van der Waals surface area contributed by atoms with Crippen LogP contribution in [-0.4, -0.2) is 21.6 Å². The van der Waals surface area contributed by atoms with Crippen LogP contribution in [0.1, 0.15) is 4.88 Å². The molecule has 0 saturated heterocycles. The van der Waals surface area contributed by atoms with E-state index in [1.807, 2.05) is 12.1 Å². The van der Waals surface area contributed by atoms with Crippen molar-refractivity contribution in [2.45, 2.75) is 11.4 Å². The van der Waals surface area contributed by atoms with Crippen molar-refractivity contribution in [3.63, 3.8) is 0 Å². The van der Waals surface area contributed by atoms with E-state index in [9.17, 15) is 8.42 Å². The summed E-state index contributed by atoms with van der Waals surface area (Å²) in [7, 11) is -3.53. The summed E-state index contributed by atoms with van der Waals surface area (Å²) in [6.07, 6.45) is 0. The number of ether oxygens (including phenoxy) is 1. The van der Waals surface area contributed by atoms with Gasteiger partial charge in [0.2, 0.25) is 10.0 Å². The second-order valence-electron chi connectivity index (χ2n) is 4.14. The molecule has 1 heterocycles. The fraction of sp³-hybridized carbons (Fsp3) is 0.231. The minimum Gasteiger partial charge on any atom is -0.492 e. The van der Waals surface area contributed by atoms with Crippen molar-refractivity contribution in [2.24, 2.45) is 5.73 Å². The molecular formula is C13H15BrN2O3S2. The Bertz CT molecular complexity index is 684. The smallest absolute Gasteiger partial charge is 0.240 e. The van der Waals surface area contributed by atoms with Crippen molar-refractivity contribution in [3.05, 3.63) is 45.1 Å². The number of nitrogens with one attached hydrogen (secondary N) is 1. The first-order valence-electron chi connectivity index (χ1n) is 6.18. The Morgan fingerprint density at radius 1 is 1.19 bits per heavy atom. The molecule has 2 aromatic rings. The van der Waals surface area contributed by atoms with Crippen molar-refractivity contribution >= 4 is 37.3 Å². The highest BCUT2D eigenvalue weighted by atomic mass is 79.9. The standard InChI is InChI=1S/C13H15BrN2O3S2/c14-13-6-3-11(20-13)9-16-21(17,18)12-4-1-10(2-5-12)19-8-7-15/h1-6,16H,7-9,15H2. The topological polar surface area (TPSA) is 81.4 Å². The second-order valence-corrected chi connectivity index (χ2v) is 8.45. The number of hydrogen-bond acceptors (Lipinski definition) is 5. The lowest BCUT2D eigenvalue weighted by Crippen LogP contribution is -2.22. The molecule has 114 valence electrons. The molecule has 0 bridgehead atoms. The second kappa shape index (κ2) is 7.37. The molecule has 8 heteroatoms. The van der Waals surface area contributed by atoms with Crippen molar-refractivity contribution in [1.82, 2.24) is 4.72 Å². The maximum Gasteiger partial charge on any atom is 0.240 e. The zero-order valence-electron chi connectivity index (χ0n) is 11.1. The Morgan fingerprint density at radius 2 is 1.90 bits per heavy atom. The summed E-state index contributed by atoms with van der Waals surface area (Å²) >= 11 is 4.84. The Morgan fingerprint density at radius 3 is 2.48 bits per heavy atom. The van der Waals surface area contributed by atoms with Gasteiger partial charge in [0.15, 0.2) is 0 Å². The summed E-state index contributed by atoms with van der Waals surface area (Å²) in [5, 5.41) is 0. The van der Waals surface area contributed by atoms with Crippen molar-refractivity contribution in [1.29, 1.82) is 0 Å². The minimum absolute atomic E-state index is 0.207. The summed E-state index contributed by atoms with van der Waals surface area (Å²) < 4.78 is 33.2. The van der Waals surface area contributed by atoms with E-state index in [-0.39, 0.29) is 11.4 Å². The highest BCUT2D eigenvalue weighted by Gasteiger charge is 2.14.